The minimum atomic E-state index is -0.259. The van der Waals surface area contributed by atoms with Crippen molar-refractivity contribution in [3.8, 4) is 11.1 Å². The van der Waals surface area contributed by atoms with Crippen molar-refractivity contribution in [2.75, 3.05) is 6.54 Å². The van der Waals surface area contributed by atoms with E-state index in [1.54, 1.807) is 0 Å². The van der Waals surface area contributed by atoms with Crippen molar-refractivity contribution in [1.29, 1.82) is 0 Å². The van der Waals surface area contributed by atoms with Gasteiger partial charge in [0.05, 0.1) is 6.04 Å². The number of rotatable bonds is 6. The van der Waals surface area contributed by atoms with Gasteiger partial charge in [-0.15, -0.1) is 0 Å². The molecule has 5 nitrogen and oxygen atoms in total. The van der Waals surface area contributed by atoms with Gasteiger partial charge in [-0.25, -0.2) is 4.79 Å². The van der Waals surface area contributed by atoms with Crippen molar-refractivity contribution >= 4 is 12.0 Å². The first kappa shape index (κ1) is 21.3. The average molecular weight is 441 g/mol. The Hall–Kier alpha value is -3.60. The lowest BCUT2D eigenvalue weighted by molar-refractivity contribution is 0.0919. The van der Waals surface area contributed by atoms with Gasteiger partial charge in [-0.2, -0.15) is 0 Å². The quantitative estimate of drug-likeness (QED) is 0.533. The van der Waals surface area contributed by atoms with Crippen molar-refractivity contribution in [2.24, 2.45) is 0 Å². The molecule has 0 unspecified atom stereocenters. The van der Waals surface area contributed by atoms with Gasteiger partial charge in [0, 0.05) is 18.2 Å². The summed E-state index contributed by atoms with van der Waals surface area (Å²) in [7, 11) is 0. The Labute approximate surface area is 194 Å². The van der Waals surface area contributed by atoms with E-state index < -0.39 is 0 Å². The Bertz CT molecular complexity index is 1110. The van der Waals surface area contributed by atoms with Crippen LogP contribution >= 0.6 is 0 Å². The first-order valence-electron chi connectivity index (χ1n) is 11.7. The molecule has 1 N–H and O–H groups in total. The van der Waals surface area contributed by atoms with Crippen LogP contribution in [0.5, 0.6) is 0 Å². The normalized spacial score (nSPS) is 17.6. The van der Waals surface area contributed by atoms with Crippen LogP contribution in [0.25, 0.3) is 11.1 Å². The zero-order chi connectivity index (χ0) is 22.6. The molecule has 1 aliphatic carbocycles. The largest absolute Gasteiger partial charge is 0.445 e. The van der Waals surface area contributed by atoms with Gasteiger partial charge in [0.25, 0.3) is 5.91 Å². The van der Waals surface area contributed by atoms with Gasteiger partial charge in [0.2, 0.25) is 0 Å². The van der Waals surface area contributed by atoms with Gasteiger partial charge in [-0.3, -0.25) is 4.79 Å². The highest BCUT2D eigenvalue weighted by molar-refractivity contribution is 5.95. The molecule has 1 heterocycles. The lowest BCUT2D eigenvalue weighted by Gasteiger charge is -2.24. The SMILES string of the molecule is O=C(NC1CC1)c1ccc(-c2ccc([C@@H]3CCCN3C(=O)OCc3ccccc3)cc2)cc1. The van der Waals surface area contributed by atoms with Crippen LogP contribution in [0.4, 0.5) is 4.79 Å². The summed E-state index contributed by atoms with van der Waals surface area (Å²) in [4.78, 5) is 26.8. The summed E-state index contributed by atoms with van der Waals surface area (Å²) in [6.45, 7) is 1.00. The Kier molecular flexibility index (Phi) is 6.11. The molecule has 2 fully saturated rings. The summed E-state index contributed by atoms with van der Waals surface area (Å²) in [6.07, 6.45) is 3.81. The summed E-state index contributed by atoms with van der Waals surface area (Å²) >= 11 is 0. The minimum Gasteiger partial charge on any atom is -0.445 e. The molecule has 0 spiro atoms. The van der Waals surface area contributed by atoms with Crippen molar-refractivity contribution in [3.63, 3.8) is 0 Å². The predicted molar refractivity (Wildman–Crippen MR) is 128 cm³/mol. The number of nitrogens with one attached hydrogen (secondary N) is 1. The molecule has 2 amide bonds. The first-order chi connectivity index (χ1) is 16.2. The standard InChI is InChI=1S/C28H28N2O3/c31-27(29-25-16-17-25)24-14-10-22(11-15-24)21-8-12-23(13-9-21)26-7-4-18-30(26)28(32)33-19-20-5-2-1-3-6-20/h1-3,5-6,8-15,25-26H,4,7,16-19H2,(H,29,31)/t26-/m0/s1. The summed E-state index contributed by atoms with van der Waals surface area (Å²) < 4.78 is 5.57. The van der Waals surface area contributed by atoms with E-state index in [-0.39, 0.29) is 24.6 Å². The molecular weight excluding hydrogens is 412 g/mol. The fourth-order valence-corrected chi connectivity index (χ4v) is 4.34. The number of likely N-dealkylation sites (tertiary alicyclic amines) is 1. The molecule has 1 saturated heterocycles. The summed E-state index contributed by atoms with van der Waals surface area (Å²) in [5.41, 5.74) is 4.95. The van der Waals surface area contributed by atoms with E-state index in [1.165, 1.54) is 0 Å². The van der Waals surface area contributed by atoms with E-state index in [9.17, 15) is 9.59 Å². The number of carbonyl (C=O) groups is 2. The Morgan fingerprint density at radius 1 is 0.848 bits per heavy atom. The third-order valence-corrected chi connectivity index (χ3v) is 6.38. The maximum Gasteiger partial charge on any atom is 0.410 e. The van der Waals surface area contributed by atoms with E-state index in [0.717, 1.165) is 47.9 Å². The molecule has 5 rings (SSSR count). The van der Waals surface area contributed by atoms with E-state index in [4.69, 9.17) is 4.74 Å². The van der Waals surface area contributed by atoms with Crippen LogP contribution in [0.3, 0.4) is 0 Å². The van der Waals surface area contributed by atoms with Gasteiger partial charge < -0.3 is 15.0 Å². The Balaban J connectivity index is 1.22. The molecule has 168 valence electrons. The zero-order valence-electron chi connectivity index (χ0n) is 18.6. The van der Waals surface area contributed by atoms with Crippen molar-refractivity contribution in [3.05, 3.63) is 95.6 Å². The molecule has 1 atom stereocenters. The second kappa shape index (κ2) is 9.49. The molecule has 1 aliphatic heterocycles. The van der Waals surface area contributed by atoms with E-state index in [1.807, 2.05) is 59.5 Å². The summed E-state index contributed by atoms with van der Waals surface area (Å²) in [5, 5.41) is 3.02. The van der Waals surface area contributed by atoms with E-state index >= 15 is 0 Å². The number of hydrogen-bond acceptors (Lipinski definition) is 3. The van der Waals surface area contributed by atoms with E-state index in [0.29, 0.717) is 18.2 Å². The van der Waals surface area contributed by atoms with Gasteiger partial charge in [0.1, 0.15) is 6.61 Å². The number of nitrogens with zero attached hydrogens (tertiary/aromatic N) is 1. The topological polar surface area (TPSA) is 58.6 Å². The molecule has 2 aliphatic rings. The van der Waals surface area contributed by atoms with Gasteiger partial charge in [-0.05, 0) is 60.1 Å². The molecule has 5 heteroatoms. The minimum absolute atomic E-state index is 0.000117. The average Bonchev–Trinajstić information content (AvgIpc) is 3.54. The van der Waals surface area contributed by atoms with Crippen LogP contribution in [0.2, 0.25) is 0 Å². The van der Waals surface area contributed by atoms with E-state index in [2.05, 4.69) is 29.6 Å². The smallest absolute Gasteiger partial charge is 0.410 e. The molecule has 0 aromatic heterocycles. The fourth-order valence-electron chi connectivity index (χ4n) is 4.34. The van der Waals surface area contributed by atoms with Crippen LogP contribution in [-0.2, 0) is 11.3 Å². The Morgan fingerprint density at radius 2 is 1.52 bits per heavy atom. The van der Waals surface area contributed by atoms with Crippen LogP contribution in [0.15, 0.2) is 78.9 Å². The summed E-state index contributed by atoms with van der Waals surface area (Å²) in [5.74, 6) is -0.000117. The van der Waals surface area contributed by atoms with Crippen LogP contribution in [0.1, 0.15) is 53.2 Å². The van der Waals surface area contributed by atoms with Crippen LogP contribution < -0.4 is 5.32 Å². The number of hydrogen-bond donors (Lipinski definition) is 1. The fraction of sp³-hybridized carbons (Fsp3) is 0.286. The van der Waals surface area contributed by atoms with Gasteiger partial charge in [-0.1, -0.05) is 66.7 Å². The molecular formula is C28H28N2O3. The molecule has 1 saturated carbocycles. The third kappa shape index (κ3) is 5.08. The number of benzene rings is 3. The van der Waals surface area contributed by atoms with Crippen molar-refractivity contribution in [1.82, 2.24) is 10.2 Å². The second-order valence-corrected chi connectivity index (χ2v) is 8.84. The monoisotopic (exact) mass is 440 g/mol. The van der Waals surface area contributed by atoms with Gasteiger partial charge >= 0.3 is 6.09 Å². The number of amides is 2. The van der Waals surface area contributed by atoms with Crippen LogP contribution in [0, 0.1) is 0 Å². The highest BCUT2D eigenvalue weighted by Crippen LogP contribution is 2.34. The molecule has 0 radical (unpaired) electrons. The zero-order valence-corrected chi connectivity index (χ0v) is 18.6. The Morgan fingerprint density at radius 3 is 2.18 bits per heavy atom. The van der Waals surface area contributed by atoms with Gasteiger partial charge in [0.15, 0.2) is 0 Å². The number of carbonyl (C=O) groups excluding carboxylic acids is 2. The first-order valence-corrected chi connectivity index (χ1v) is 11.7. The maximum absolute atomic E-state index is 12.7. The maximum atomic E-state index is 12.7. The lowest BCUT2D eigenvalue weighted by Crippen LogP contribution is -2.31. The van der Waals surface area contributed by atoms with Crippen LogP contribution in [-0.4, -0.2) is 29.5 Å². The highest BCUT2D eigenvalue weighted by atomic mass is 16.6. The number of ether oxygens (including phenoxy) is 1. The predicted octanol–water partition coefficient (Wildman–Crippen LogP) is 5.72. The third-order valence-electron chi connectivity index (χ3n) is 6.38. The highest BCUT2D eigenvalue weighted by Gasteiger charge is 2.31. The lowest BCUT2D eigenvalue weighted by atomic mass is 9.99. The molecule has 33 heavy (non-hydrogen) atoms. The molecule has 3 aromatic rings. The van der Waals surface area contributed by atoms with Crippen molar-refractivity contribution < 1.29 is 14.3 Å². The second-order valence-electron chi connectivity index (χ2n) is 8.84. The molecule has 0 bridgehead atoms. The van der Waals surface area contributed by atoms with Crippen molar-refractivity contribution in [2.45, 2.75) is 44.4 Å². The molecule has 3 aromatic carbocycles. The summed E-state index contributed by atoms with van der Waals surface area (Å²) in [6, 6.07) is 26.2.